The van der Waals surface area contributed by atoms with E-state index in [0.717, 1.165) is 36.4 Å². The smallest absolute Gasteiger partial charge is 0.296 e. The van der Waals surface area contributed by atoms with Gasteiger partial charge in [-0.25, -0.2) is 8.42 Å². The lowest BCUT2D eigenvalue weighted by molar-refractivity contribution is -0.384. The first kappa shape index (κ1) is 18.4. The Morgan fingerprint density at radius 2 is 1.60 bits per heavy atom. The summed E-state index contributed by atoms with van der Waals surface area (Å²) in [6.45, 7) is 0. The predicted molar refractivity (Wildman–Crippen MR) is 89.0 cm³/mol. The van der Waals surface area contributed by atoms with E-state index >= 15 is 0 Å². The number of nitrogens with zero attached hydrogens (tertiary/aromatic N) is 1. The predicted octanol–water partition coefficient (Wildman–Crippen LogP) is 0.807. The Bertz CT molecular complexity index is 1060. The lowest BCUT2D eigenvalue weighted by Gasteiger charge is -2.10. The monoisotopic (exact) mass is 388 g/mol. The molecule has 0 saturated heterocycles. The van der Waals surface area contributed by atoms with Gasteiger partial charge in [0.25, 0.3) is 25.8 Å². The molecule has 0 atom stereocenters. The summed E-state index contributed by atoms with van der Waals surface area (Å²) in [6.07, 6.45) is 0. The van der Waals surface area contributed by atoms with Crippen LogP contribution in [0.15, 0.2) is 46.2 Å². The maximum Gasteiger partial charge on any atom is 0.296 e. The topological polar surface area (TPSA) is 196 Å². The number of nitrogens with one attached hydrogen (secondary N) is 1. The Morgan fingerprint density at radius 3 is 2.16 bits per heavy atom. The number of benzene rings is 2. The van der Waals surface area contributed by atoms with Gasteiger partial charge in [-0.2, -0.15) is 8.42 Å². The van der Waals surface area contributed by atoms with Gasteiger partial charge in [0.15, 0.2) is 0 Å². The Morgan fingerprint density at radius 1 is 1.00 bits per heavy atom. The van der Waals surface area contributed by atoms with Crippen LogP contribution in [-0.4, -0.2) is 26.3 Å². The summed E-state index contributed by atoms with van der Waals surface area (Å²) in [6, 6.07) is 5.91. The van der Waals surface area contributed by atoms with E-state index in [1.165, 1.54) is 0 Å². The Kier molecular flexibility index (Phi) is 4.57. The van der Waals surface area contributed by atoms with Gasteiger partial charge in [-0.05, 0) is 30.3 Å². The molecule has 0 radical (unpaired) electrons. The van der Waals surface area contributed by atoms with Gasteiger partial charge in [-0.3, -0.25) is 19.4 Å². The molecule has 2 aromatic carbocycles. The zero-order valence-electron chi connectivity index (χ0n) is 12.3. The molecule has 2 rings (SSSR count). The average molecular weight is 388 g/mol. The van der Waals surface area contributed by atoms with Crippen LogP contribution in [0.3, 0.4) is 0 Å². The molecule has 2 aromatic rings. The number of nitrogens with two attached hydrogens (primary N) is 2. The zero-order chi connectivity index (χ0) is 19.0. The zero-order valence-corrected chi connectivity index (χ0v) is 13.9. The fraction of sp³-hybridized carbons (Fsp3) is 0. The number of nitro groups is 1. The maximum absolute atomic E-state index is 12.3. The summed E-state index contributed by atoms with van der Waals surface area (Å²) in [5.74, 6) is 0. The molecule has 11 nitrogen and oxygen atoms in total. The molecule has 134 valence electrons. The molecule has 6 N–H and O–H groups in total. The summed E-state index contributed by atoms with van der Waals surface area (Å²) in [7, 11) is -8.95. The fourth-order valence-corrected chi connectivity index (χ4v) is 3.59. The number of rotatable bonds is 5. The lowest BCUT2D eigenvalue weighted by Crippen LogP contribution is -2.14. The number of hydrogen-bond acceptors (Lipinski definition) is 8. The van der Waals surface area contributed by atoms with Gasteiger partial charge in [0.1, 0.15) is 10.6 Å². The van der Waals surface area contributed by atoms with Crippen molar-refractivity contribution in [2.24, 2.45) is 0 Å². The Balaban J connectivity index is 2.47. The van der Waals surface area contributed by atoms with Crippen molar-refractivity contribution in [2.45, 2.75) is 9.79 Å². The Labute approximate surface area is 142 Å². The van der Waals surface area contributed by atoms with Crippen LogP contribution in [0.1, 0.15) is 0 Å². The molecule has 25 heavy (non-hydrogen) atoms. The minimum Gasteiger partial charge on any atom is -0.398 e. The fourth-order valence-electron chi connectivity index (χ4n) is 1.88. The molecule has 0 saturated carbocycles. The number of nitrogen functional groups attached to an aromatic ring is 2. The van der Waals surface area contributed by atoms with Gasteiger partial charge >= 0.3 is 0 Å². The van der Waals surface area contributed by atoms with Gasteiger partial charge in [0, 0.05) is 6.07 Å². The third-order valence-electron chi connectivity index (χ3n) is 3.05. The van der Waals surface area contributed by atoms with Crippen LogP contribution in [0, 0.1) is 10.1 Å². The second-order valence-corrected chi connectivity index (χ2v) is 7.88. The molecule has 0 aliphatic rings. The van der Waals surface area contributed by atoms with Crippen molar-refractivity contribution in [2.75, 3.05) is 16.2 Å². The minimum absolute atomic E-state index is 0.218. The molecule has 0 fully saturated rings. The molecule has 0 aliphatic carbocycles. The summed E-state index contributed by atoms with van der Waals surface area (Å²) < 4.78 is 58.1. The van der Waals surface area contributed by atoms with E-state index in [-0.39, 0.29) is 17.1 Å². The van der Waals surface area contributed by atoms with E-state index in [9.17, 15) is 26.9 Å². The van der Waals surface area contributed by atoms with Crippen LogP contribution in [0.4, 0.5) is 22.7 Å². The summed E-state index contributed by atoms with van der Waals surface area (Å²) in [5, 5.41) is 10.9. The minimum atomic E-state index is -4.67. The SMILES string of the molecule is Nc1ccc(S(=O)(=O)Nc2ccc(N)c(S(=O)(=O)O)c2)cc1[N+](=O)[O-]. The van der Waals surface area contributed by atoms with E-state index in [0.29, 0.717) is 0 Å². The molecule has 0 bridgehead atoms. The number of hydrogen-bond donors (Lipinski definition) is 4. The summed E-state index contributed by atoms with van der Waals surface area (Å²) >= 11 is 0. The van der Waals surface area contributed by atoms with E-state index in [1.54, 1.807) is 0 Å². The first-order valence-corrected chi connectivity index (χ1v) is 9.28. The molecule has 0 unspecified atom stereocenters. The summed E-state index contributed by atoms with van der Waals surface area (Å²) in [4.78, 5) is 8.87. The quantitative estimate of drug-likeness (QED) is 0.248. The molecule has 0 amide bonds. The van der Waals surface area contributed by atoms with Crippen molar-refractivity contribution in [1.82, 2.24) is 0 Å². The maximum atomic E-state index is 12.3. The van der Waals surface area contributed by atoms with Crippen LogP contribution in [0.2, 0.25) is 0 Å². The largest absolute Gasteiger partial charge is 0.398 e. The molecule has 0 aromatic heterocycles. The molecule has 0 heterocycles. The first-order chi connectivity index (χ1) is 11.4. The highest BCUT2D eigenvalue weighted by molar-refractivity contribution is 7.92. The van der Waals surface area contributed by atoms with E-state index in [4.69, 9.17) is 16.0 Å². The van der Waals surface area contributed by atoms with Crippen molar-refractivity contribution in [3.63, 3.8) is 0 Å². The van der Waals surface area contributed by atoms with Crippen molar-refractivity contribution in [3.8, 4) is 0 Å². The second-order valence-electron chi connectivity index (χ2n) is 4.81. The van der Waals surface area contributed by atoms with Gasteiger partial charge in [0.2, 0.25) is 0 Å². The standard InChI is InChI=1S/C12H12N4O7S2/c13-9-4-2-8(6-11(9)16(17)18)24(19,20)15-7-1-3-10(14)12(5-7)25(21,22)23/h1-6,15H,13-14H2,(H,21,22,23). The average Bonchev–Trinajstić information content (AvgIpc) is 2.47. The number of sulfonamides is 1. The van der Waals surface area contributed by atoms with Crippen molar-refractivity contribution in [3.05, 3.63) is 46.5 Å². The Hall–Kier alpha value is -2.90. The van der Waals surface area contributed by atoms with Crippen LogP contribution in [-0.2, 0) is 20.1 Å². The van der Waals surface area contributed by atoms with Gasteiger partial charge in [0.05, 0.1) is 21.2 Å². The first-order valence-electron chi connectivity index (χ1n) is 6.35. The highest BCUT2D eigenvalue weighted by Crippen LogP contribution is 2.28. The van der Waals surface area contributed by atoms with Crippen molar-refractivity contribution >= 4 is 42.9 Å². The van der Waals surface area contributed by atoms with E-state index in [2.05, 4.69) is 0 Å². The van der Waals surface area contributed by atoms with Gasteiger partial charge in [-0.15, -0.1) is 0 Å². The third-order valence-corrected chi connectivity index (χ3v) is 5.34. The van der Waals surface area contributed by atoms with Crippen LogP contribution in [0.25, 0.3) is 0 Å². The van der Waals surface area contributed by atoms with Gasteiger partial charge < -0.3 is 11.5 Å². The molecule has 0 aliphatic heterocycles. The van der Waals surface area contributed by atoms with Crippen molar-refractivity contribution < 1.29 is 26.3 Å². The second kappa shape index (κ2) is 6.19. The van der Waals surface area contributed by atoms with Crippen LogP contribution in [0.5, 0.6) is 0 Å². The summed E-state index contributed by atoms with van der Waals surface area (Å²) in [5.41, 5.74) is 9.50. The lowest BCUT2D eigenvalue weighted by atomic mass is 10.3. The van der Waals surface area contributed by atoms with Gasteiger partial charge in [-0.1, -0.05) is 0 Å². The molecular formula is C12H12N4O7S2. The van der Waals surface area contributed by atoms with Crippen molar-refractivity contribution in [1.29, 1.82) is 0 Å². The number of anilines is 3. The normalized spacial score (nSPS) is 11.9. The van der Waals surface area contributed by atoms with Crippen LogP contribution >= 0.6 is 0 Å². The molecule has 13 heteroatoms. The molecular weight excluding hydrogens is 376 g/mol. The van der Waals surface area contributed by atoms with E-state index < -0.39 is 40.5 Å². The van der Waals surface area contributed by atoms with Crippen LogP contribution < -0.4 is 16.2 Å². The highest BCUT2D eigenvalue weighted by Gasteiger charge is 2.22. The highest BCUT2D eigenvalue weighted by atomic mass is 32.2. The van der Waals surface area contributed by atoms with E-state index in [1.807, 2.05) is 4.72 Å². The third kappa shape index (κ3) is 3.96. The molecule has 0 spiro atoms. The number of nitro benzene ring substituents is 1.